The van der Waals surface area contributed by atoms with Gasteiger partial charge in [-0.2, -0.15) is 0 Å². The Kier molecular flexibility index (Phi) is 11.9. The van der Waals surface area contributed by atoms with Gasteiger partial charge in [-0.1, -0.05) is 92.9 Å². The topological polar surface area (TPSA) is 175 Å². The molecule has 1 saturated carbocycles. The molecule has 1 saturated heterocycles. The van der Waals surface area contributed by atoms with E-state index in [9.17, 15) is 29.7 Å². The lowest BCUT2D eigenvalue weighted by atomic mass is 9.50. The Morgan fingerprint density at radius 2 is 1.84 bits per heavy atom. The number of fused-ring (bicyclic) bond motifs is 3. The van der Waals surface area contributed by atoms with Gasteiger partial charge in [-0.15, -0.1) is 0 Å². The van der Waals surface area contributed by atoms with Gasteiger partial charge in [0.15, 0.2) is 17.9 Å². The molecule has 2 fully saturated rings. The van der Waals surface area contributed by atoms with Crippen LogP contribution in [0, 0.1) is 52.3 Å². The van der Waals surface area contributed by atoms with Crippen LogP contribution in [0.2, 0.25) is 10.2 Å². The van der Waals surface area contributed by atoms with Gasteiger partial charge in [0.2, 0.25) is 0 Å². The van der Waals surface area contributed by atoms with Crippen LogP contribution in [0.25, 0.3) is 0 Å². The molecular formula is C45H56Cl2N2O9. The van der Waals surface area contributed by atoms with E-state index in [-0.39, 0.29) is 68.7 Å². The molecule has 1 aliphatic heterocycles. The van der Waals surface area contributed by atoms with Crippen molar-refractivity contribution in [2.75, 3.05) is 0 Å². The maximum atomic E-state index is 15.7. The second-order valence-electron chi connectivity index (χ2n) is 17.8. The smallest absolute Gasteiger partial charge is 0.331 e. The molecule has 14 atom stereocenters. The SMILES string of the molecule is CC[C@@H]1C(C(=O)O)=C[C@]2(C)/C=C(\C)C/C=C/C[C@@H]3C=C[C@@H]4[C@@H](OC5CC(O)C(NC(=O)c6[nH]c(Cl)cc6Cl)C(C)O5)[C@@H](C)CC[C@H]4[C@]3(CC)C(=O)C3=C(O)C2C1C3=O. The molecule has 7 rings (SSSR count). The number of hydrogen-bond acceptors (Lipinski definition) is 8. The number of H-pyrrole nitrogens is 1. The minimum absolute atomic E-state index is 0.0542. The molecule has 2 heterocycles. The largest absolute Gasteiger partial charge is 0.511 e. The first-order valence-electron chi connectivity index (χ1n) is 20.8. The fraction of sp³-hybridized carbons (Fsp3) is 0.600. The molecule has 11 nitrogen and oxygen atoms in total. The molecule has 1 aromatic rings. The van der Waals surface area contributed by atoms with Gasteiger partial charge in [-0.25, -0.2) is 4.79 Å². The second-order valence-corrected chi connectivity index (χ2v) is 18.6. The number of nitrogens with one attached hydrogen (secondary N) is 2. The molecule has 2 bridgehead atoms. The molecule has 5 aliphatic carbocycles. The number of aliphatic carboxylic acids is 1. The number of carbonyl (C=O) groups excluding carboxylic acids is 3. The lowest BCUT2D eigenvalue weighted by Crippen LogP contribution is -2.58. The van der Waals surface area contributed by atoms with Gasteiger partial charge in [0, 0.05) is 46.5 Å². The van der Waals surface area contributed by atoms with Crippen molar-refractivity contribution in [3.05, 3.63) is 80.9 Å². The van der Waals surface area contributed by atoms with E-state index in [0.717, 1.165) is 12.0 Å². The van der Waals surface area contributed by atoms with Crippen molar-refractivity contribution in [2.24, 2.45) is 52.3 Å². The summed E-state index contributed by atoms with van der Waals surface area (Å²) < 4.78 is 13.1. The summed E-state index contributed by atoms with van der Waals surface area (Å²) in [6.07, 6.45) is 12.7. The summed E-state index contributed by atoms with van der Waals surface area (Å²) in [6, 6.07) is 0.674. The number of amides is 1. The second kappa shape index (κ2) is 16.2. The molecule has 6 unspecified atom stereocenters. The van der Waals surface area contributed by atoms with Gasteiger partial charge in [0.25, 0.3) is 5.91 Å². The summed E-state index contributed by atoms with van der Waals surface area (Å²) in [6.45, 7) is 11.5. The third kappa shape index (κ3) is 7.06. The van der Waals surface area contributed by atoms with Gasteiger partial charge in [-0.3, -0.25) is 14.4 Å². The number of allylic oxidation sites excluding steroid dienone is 8. The highest BCUT2D eigenvalue weighted by molar-refractivity contribution is 6.36. The lowest BCUT2D eigenvalue weighted by molar-refractivity contribution is -0.257. The van der Waals surface area contributed by atoms with E-state index < -0.39 is 76.9 Å². The standard InChI is InChI=1S/C45H56Cl2N2O9/c1-7-25-27(43(55)56)20-44(6)19-21(3)11-9-10-12-24-14-15-26-28(45(24,8-2)41(53)34-38(51)33(25)35(44)39(34)52)16-13-22(4)40(26)58-32-18-30(50)36(23(5)57-32)49-42(54)37-29(46)17-31(47)48-37/h9-10,14-15,17,19-20,22-26,28,30,32-33,35-36,40,48,50,52H,7-8,11-13,16,18H2,1-6H3,(H,49,54)(H,55,56)/b10-9+,21-19+/t22-,23?,24+,25+,26-,28+,30?,32?,33?,35?,36?,40-,44-,45+/m0/s1. The third-order valence-corrected chi connectivity index (χ3v) is 14.9. The predicted molar refractivity (Wildman–Crippen MR) is 219 cm³/mol. The molecule has 0 spiro atoms. The van der Waals surface area contributed by atoms with Crippen LogP contribution in [0.5, 0.6) is 0 Å². The number of halogens is 2. The van der Waals surface area contributed by atoms with E-state index in [1.807, 2.05) is 33.8 Å². The van der Waals surface area contributed by atoms with Crippen molar-refractivity contribution in [3.63, 3.8) is 0 Å². The first kappa shape index (κ1) is 42.6. The Labute approximate surface area is 350 Å². The number of aromatic nitrogens is 1. The van der Waals surface area contributed by atoms with Gasteiger partial charge in [0.1, 0.15) is 16.6 Å². The molecule has 1 aromatic heterocycles. The molecule has 0 radical (unpaired) electrons. The molecule has 1 amide bonds. The summed E-state index contributed by atoms with van der Waals surface area (Å²) in [7, 11) is 0. The van der Waals surface area contributed by atoms with E-state index in [4.69, 9.17) is 32.7 Å². The van der Waals surface area contributed by atoms with Crippen LogP contribution in [-0.4, -0.2) is 74.4 Å². The fourth-order valence-corrected chi connectivity index (χ4v) is 12.3. The number of rotatable bonds is 7. The molecule has 5 N–H and O–H groups in total. The predicted octanol–water partition coefficient (Wildman–Crippen LogP) is 8.10. The summed E-state index contributed by atoms with van der Waals surface area (Å²) in [4.78, 5) is 59.0. The Morgan fingerprint density at radius 1 is 1.10 bits per heavy atom. The number of Topliss-reactive ketones (excluding diaryl/α,β-unsaturated/α-hetero) is 2. The molecule has 0 aromatic carbocycles. The number of carboxylic acid groups (broad SMARTS) is 1. The molecule has 13 heteroatoms. The van der Waals surface area contributed by atoms with E-state index in [0.29, 0.717) is 32.1 Å². The fourth-order valence-electron chi connectivity index (χ4n) is 11.8. The van der Waals surface area contributed by atoms with Crippen molar-refractivity contribution >= 4 is 46.6 Å². The number of aliphatic hydroxyl groups excluding tert-OH is 2. The maximum absolute atomic E-state index is 15.7. The number of carbonyl (C=O) groups is 4. The third-order valence-electron chi connectivity index (χ3n) is 14.4. The summed E-state index contributed by atoms with van der Waals surface area (Å²) in [5, 5.41) is 37.2. The Balaban J connectivity index is 1.21. The van der Waals surface area contributed by atoms with Crippen molar-refractivity contribution in [3.8, 4) is 0 Å². The number of carboxylic acids is 1. The number of aromatic amines is 1. The first-order valence-corrected chi connectivity index (χ1v) is 21.6. The van der Waals surface area contributed by atoms with Crippen LogP contribution in [0.4, 0.5) is 0 Å². The van der Waals surface area contributed by atoms with Crippen molar-refractivity contribution in [2.45, 2.75) is 117 Å². The van der Waals surface area contributed by atoms with Crippen molar-refractivity contribution in [1.82, 2.24) is 10.3 Å². The van der Waals surface area contributed by atoms with E-state index in [2.05, 4.69) is 41.5 Å². The maximum Gasteiger partial charge on any atom is 0.331 e. The van der Waals surface area contributed by atoms with Gasteiger partial charge >= 0.3 is 5.97 Å². The number of hydrogen-bond donors (Lipinski definition) is 5. The highest BCUT2D eigenvalue weighted by Gasteiger charge is 2.63. The molecule has 314 valence electrons. The molecular weight excluding hydrogens is 783 g/mol. The first-order chi connectivity index (χ1) is 27.5. The van der Waals surface area contributed by atoms with Crippen LogP contribution < -0.4 is 5.32 Å². The normalized spacial score (nSPS) is 41.5. The Hall–Kier alpha value is -3.48. The Bertz CT molecular complexity index is 2000. The van der Waals surface area contributed by atoms with Gasteiger partial charge < -0.3 is 35.1 Å². The number of ketones is 2. The highest BCUT2D eigenvalue weighted by atomic mass is 35.5. The minimum atomic E-state index is -1.10. The van der Waals surface area contributed by atoms with Crippen LogP contribution in [-0.2, 0) is 23.9 Å². The van der Waals surface area contributed by atoms with Crippen molar-refractivity contribution in [1.29, 1.82) is 0 Å². The van der Waals surface area contributed by atoms with Crippen LogP contribution in [0.1, 0.15) is 97.0 Å². The van der Waals surface area contributed by atoms with Crippen LogP contribution >= 0.6 is 23.2 Å². The monoisotopic (exact) mass is 838 g/mol. The van der Waals surface area contributed by atoms with E-state index in [1.54, 1.807) is 13.0 Å². The number of ether oxygens (including phenoxy) is 2. The van der Waals surface area contributed by atoms with Gasteiger partial charge in [-0.05, 0) is 76.2 Å². The lowest BCUT2D eigenvalue weighted by Gasteiger charge is -2.54. The summed E-state index contributed by atoms with van der Waals surface area (Å²) in [5.41, 5.74) is -1.06. The zero-order valence-corrected chi connectivity index (χ0v) is 35.5. The quantitative estimate of drug-likeness (QED) is 0.134. The van der Waals surface area contributed by atoms with E-state index >= 15 is 4.79 Å². The van der Waals surface area contributed by atoms with Crippen molar-refractivity contribution < 1.29 is 44.0 Å². The minimum Gasteiger partial charge on any atom is -0.511 e. The van der Waals surface area contributed by atoms with Gasteiger partial charge in [0.05, 0.1) is 34.9 Å². The number of aliphatic hydroxyl groups is 2. The highest BCUT2D eigenvalue weighted by Crippen LogP contribution is 2.61. The average Bonchev–Trinajstić information content (AvgIpc) is 3.65. The molecule has 58 heavy (non-hydrogen) atoms. The zero-order chi connectivity index (χ0) is 42.0. The molecule has 6 aliphatic rings. The zero-order valence-electron chi connectivity index (χ0n) is 34.0. The van der Waals surface area contributed by atoms with Crippen LogP contribution in [0.15, 0.2) is 65.0 Å². The Morgan fingerprint density at radius 3 is 2.48 bits per heavy atom. The summed E-state index contributed by atoms with van der Waals surface area (Å²) >= 11 is 12.2. The summed E-state index contributed by atoms with van der Waals surface area (Å²) in [5.74, 6) is -5.75. The van der Waals surface area contributed by atoms with E-state index in [1.165, 1.54) is 6.07 Å². The van der Waals surface area contributed by atoms with Crippen LogP contribution in [0.3, 0.4) is 0 Å². The average molecular weight is 840 g/mol.